The molecule has 0 bridgehead atoms. The second kappa shape index (κ2) is 6.04. The fourth-order valence-corrected chi connectivity index (χ4v) is 4.44. The van der Waals surface area contributed by atoms with Crippen molar-refractivity contribution in [3.63, 3.8) is 0 Å². The number of nitrogens with zero attached hydrogens (tertiary/aromatic N) is 2. The standard InChI is InChI=1S/C18H19FN2OS/c19-15-6-2-1-5-12(15)13-11-14(13)18(22)21-9-4-3-7-16(21)17-20-8-10-23-17/h1-2,5-6,8,10,13-14,16H,3-4,7,9,11H2/t13-,14+,16+/m0/s1. The zero-order valence-electron chi connectivity index (χ0n) is 12.8. The van der Waals surface area contributed by atoms with E-state index in [-0.39, 0.29) is 29.6 Å². The van der Waals surface area contributed by atoms with Gasteiger partial charge in [0.2, 0.25) is 5.91 Å². The Bertz CT molecular complexity index is 703. The van der Waals surface area contributed by atoms with Gasteiger partial charge in [-0.3, -0.25) is 4.79 Å². The predicted molar refractivity (Wildman–Crippen MR) is 87.7 cm³/mol. The molecule has 2 aliphatic rings. The number of hydrogen-bond donors (Lipinski definition) is 0. The Hall–Kier alpha value is -1.75. The van der Waals surface area contributed by atoms with Crippen molar-refractivity contribution in [1.82, 2.24) is 9.88 Å². The molecule has 1 aliphatic heterocycles. The van der Waals surface area contributed by atoms with Crippen molar-refractivity contribution in [2.24, 2.45) is 5.92 Å². The number of likely N-dealkylation sites (tertiary alicyclic amines) is 1. The number of halogens is 1. The summed E-state index contributed by atoms with van der Waals surface area (Å²) < 4.78 is 13.9. The molecule has 0 N–H and O–H groups in total. The van der Waals surface area contributed by atoms with Crippen LogP contribution in [0.2, 0.25) is 0 Å². The smallest absolute Gasteiger partial charge is 0.226 e. The Balaban J connectivity index is 1.51. The number of carbonyl (C=O) groups is 1. The average Bonchev–Trinajstić information content (AvgIpc) is 3.18. The van der Waals surface area contributed by atoms with E-state index in [9.17, 15) is 9.18 Å². The van der Waals surface area contributed by atoms with Crippen LogP contribution in [0, 0.1) is 11.7 Å². The van der Waals surface area contributed by atoms with E-state index in [0.717, 1.165) is 37.2 Å². The Labute approximate surface area is 139 Å². The number of benzene rings is 1. The highest BCUT2D eigenvalue weighted by Crippen LogP contribution is 2.50. The van der Waals surface area contributed by atoms with Gasteiger partial charge in [0, 0.05) is 24.0 Å². The van der Waals surface area contributed by atoms with E-state index in [1.165, 1.54) is 6.07 Å². The van der Waals surface area contributed by atoms with E-state index in [2.05, 4.69) is 4.98 Å². The normalized spacial score (nSPS) is 27.0. The van der Waals surface area contributed by atoms with Crippen LogP contribution in [0.5, 0.6) is 0 Å². The monoisotopic (exact) mass is 330 g/mol. The van der Waals surface area contributed by atoms with Crippen molar-refractivity contribution >= 4 is 17.2 Å². The van der Waals surface area contributed by atoms with Gasteiger partial charge < -0.3 is 4.90 Å². The van der Waals surface area contributed by atoms with E-state index in [1.54, 1.807) is 23.6 Å². The molecular formula is C18H19FN2OS. The number of carbonyl (C=O) groups excluding carboxylic acids is 1. The maximum Gasteiger partial charge on any atom is 0.226 e. The zero-order chi connectivity index (χ0) is 15.8. The largest absolute Gasteiger partial charge is 0.333 e. The molecule has 0 spiro atoms. The lowest BCUT2D eigenvalue weighted by Gasteiger charge is -2.34. The zero-order valence-corrected chi connectivity index (χ0v) is 13.6. The molecular weight excluding hydrogens is 311 g/mol. The van der Waals surface area contributed by atoms with Crippen LogP contribution in [-0.2, 0) is 4.79 Å². The van der Waals surface area contributed by atoms with Crippen LogP contribution in [0.1, 0.15) is 48.2 Å². The molecule has 0 unspecified atom stereocenters. The van der Waals surface area contributed by atoms with Crippen molar-refractivity contribution in [2.45, 2.75) is 37.6 Å². The lowest BCUT2D eigenvalue weighted by molar-refractivity contribution is -0.136. The molecule has 2 fully saturated rings. The highest BCUT2D eigenvalue weighted by atomic mass is 32.1. The van der Waals surface area contributed by atoms with Crippen molar-refractivity contribution in [1.29, 1.82) is 0 Å². The number of piperidine rings is 1. The summed E-state index contributed by atoms with van der Waals surface area (Å²) >= 11 is 1.62. The maximum atomic E-state index is 13.9. The van der Waals surface area contributed by atoms with Gasteiger partial charge in [0.15, 0.2) is 0 Å². The molecule has 23 heavy (non-hydrogen) atoms. The Morgan fingerprint density at radius 2 is 2.17 bits per heavy atom. The lowest BCUT2D eigenvalue weighted by atomic mass is 10.0. The molecule has 1 aliphatic carbocycles. The van der Waals surface area contributed by atoms with Crippen LogP contribution in [0.3, 0.4) is 0 Å². The van der Waals surface area contributed by atoms with Crippen LogP contribution in [0.4, 0.5) is 4.39 Å². The summed E-state index contributed by atoms with van der Waals surface area (Å²) in [4.78, 5) is 19.3. The molecule has 0 radical (unpaired) electrons. The SMILES string of the molecule is O=C([C@@H]1C[C@H]1c1ccccc1F)N1CCCC[C@@H]1c1nccs1. The molecule has 3 atom stereocenters. The molecule has 4 rings (SSSR count). The van der Waals surface area contributed by atoms with Gasteiger partial charge in [0.1, 0.15) is 10.8 Å². The first-order valence-electron chi connectivity index (χ1n) is 8.20. The minimum Gasteiger partial charge on any atom is -0.333 e. The highest BCUT2D eigenvalue weighted by molar-refractivity contribution is 7.09. The van der Waals surface area contributed by atoms with Crippen LogP contribution in [0.15, 0.2) is 35.8 Å². The van der Waals surface area contributed by atoms with Crippen molar-refractivity contribution < 1.29 is 9.18 Å². The highest BCUT2D eigenvalue weighted by Gasteiger charge is 2.48. The number of thiazole rings is 1. The van der Waals surface area contributed by atoms with Crippen LogP contribution >= 0.6 is 11.3 Å². The number of amides is 1. The van der Waals surface area contributed by atoms with Crippen LogP contribution in [-0.4, -0.2) is 22.3 Å². The van der Waals surface area contributed by atoms with Gasteiger partial charge in [0.25, 0.3) is 0 Å². The fraction of sp³-hybridized carbons (Fsp3) is 0.444. The molecule has 1 aromatic carbocycles. The molecule has 2 heterocycles. The maximum absolute atomic E-state index is 13.9. The summed E-state index contributed by atoms with van der Waals surface area (Å²) in [7, 11) is 0. The van der Waals surface area contributed by atoms with E-state index >= 15 is 0 Å². The summed E-state index contributed by atoms with van der Waals surface area (Å²) in [6, 6.07) is 6.94. The third-order valence-electron chi connectivity index (χ3n) is 4.93. The summed E-state index contributed by atoms with van der Waals surface area (Å²) in [6.45, 7) is 0.795. The first kappa shape index (κ1) is 14.8. The number of hydrogen-bond acceptors (Lipinski definition) is 3. The van der Waals surface area contributed by atoms with Gasteiger partial charge in [-0.1, -0.05) is 18.2 Å². The summed E-state index contributed by atoms with van der Waals surface area (Å²) in [5, 5.41) is 2.99. The Kier molecular flexibility index (Phi) is 3.89. The molecule has 2 aromatic rings. The Morgan fingerprint density at radius 1 is 1.30 bits per heavy atom. The quantitative estimate of drug-likeness (QED) is 0.847. The van der Waals surface area contributed by atoms with E-state index in [4.69, 9.17) is 0 Å². The van der Waals surface area contributed by atoms with E-state index in [1.807, 2.05) is 22.4 Å². The molecule has 120 valence electrons. The first-order chi connectivity index (χ1) is 11.3. The minimum atomic E-state index is -0.192. The van der Waals surface area contributed by atoms with Gasteiger partial charge in [0.05, 0.1) is 6.04 Å². The molecule has 1 saturated heterocycles. The average molecular weight is 330 g/mol. The van der Waals surface area contributed by atoms with Gasteiger partial charge in [-0.05, 0) is 43.2 Å². The van der Waals surface area contributed by atoms with Gasteiger partial charge in [-0.15, -0.1) is 11.3 Å². The molecule has 5 heteroatoms. The predicted octanol–water partition coefficient (Wildman–Crippen LogP) is 4.14. The van der Waals surface area contributed by atoms with E-state index < -0.39 is 0 Å². The Morgan fingerprint density at radius 3 is 2.96 bits per heavy atom. The molecule has 1 aromatic heterocycles. The first-order valence-corrected chi connectivity index (χ1v) is 9.08. The second-order valence-corrected chi connectivity index (χ2v) is 7.31. The summed E-state index contributed by atoms with van der Waals surface area (Å²) in [6.07, 6.45) is 5.73. The van der Waals surface area contributed by atoms with Gasteiger partial charge in [-0.2, -0.15) is 0 Å². The van der Waals surface area contributed by atoms with Gasteiger partial charge >= 0.3 is 0 Å². The van der Waals surface area contributed by atoms with Crippen LogP contribution < -0.4 is 0 Å². The topological polar surface area (TPSA) is 33.2 Å². The third-order valence-corrected chi connectivity index (χ3v) is 5.81. The lowest BCUT2D eigenvalue weighted by Crippen LogP contribution is -2.39. The van der Waals surface area contributed by atoms with Crippen molar-refractivity contribution in [3.8, 4) is 0 Å². The second-order valence-electron chi connectivity index (χ2n) is 6.38. The minimum absolute atomic E-state index is 0.0440. The number of rotatable bonds is 3. The number of aromatic nitrogens is 1. The fourth-order valence-electron chi connectivity index (χ4n) is 3.65. The van der Waals surface area contributed by atoms with Crippen LogP contribution in [0.25, 0.3) is 0 Å². The van der Waals surface area contributed by atoms with Crippen molar-refractivity contribution in [3.05, 3.63) is 52.2 Å². The van der Waals surface area contributed by atoms with Crippen molar-refractivity contribution in [2.75, 3.05) is 6.54 Å². The molecule has 3 nitrogen and oxygen atoms in total. The van der Waals surface area contributed by atoms with Gasteiger partial charge in [-0.25, -0.2) is 9.37 Å². The van der Waals surface area contributed by atoms with E-state index in [0.29, 0.717) is 5.56 Å². The summed E-state index contributed by atoms with van der Waals surface area (Å²) in [5.74, 6) is -0.0314. The third kappa shape index (κ3) is 2.78. The molecule has 1 saturated carbocycles. The summed E-state index contributed by atoms with van der Waals surface area (Å²) in [5.41, 5.74) is 0.689. The molecule has 1 amide bonds.